The molecule has 0 aromatic heterocycles. The largest absolute Gasteiger partial charge is 0.280 e. The van der Waals surface area contributed by atoms with Gasteiger partial charge in [0.15, 0.2) is 6.29 Å². The molecule has 3 rings (SSSR count). The first-order chi connectivity index (χ1) is 11.3. The van der Waals surface area contributed by atoms with Crippen molar-refractivity contribution >= 4 is 18.1 Å². The van der Waals surface area contributed by atoms with Gasteiger partial charge in [0.25, 0.3) is 0 Å². The van der Waals surface area contributed by atoms with Crippen LogP contribution < -0.4 is 5.32 Å². The van der Waals surface area contributed by atoms with Crippen molar-refractivity contribution in [1.29, 1.82) is 0 Å². The van der Waals surface area contributed by atoms with Gasteiger partial charge in [-0.3, -0.25) is 15.2 Å². The molecule has 0 aliphatic carbocycles. The summed E-state index contributed by atoms with van der Waals surface area (Å²) >= 11 is 0. The molecule has 4 heteroatoms. The molecule has 0 radical (unpaired) electrons. The fourth-order valence-electron chi connectivity index (χ4n) is 4.21. The number of rotatable bonds is 2. The van der Waals surface area contributed by atoms with Crippen LogP contribution in [0, 0.1) is 0 Å². The van der Waals surface area contributed by atoms with E-state index < -0.39 is 0 Å². The van der Waals surface area contributed by atoms with E-state index in [4.69, 9.17) is 4.99 Å². The molecule has 2 aliphatic rings. The molecule has 2 heterocycles. The topological polar surface area (TPSA) is 27.6 Å². The minimum atomic E-state index is 0. The Bertz CT molecular complexity index is 603. The van der Waals surface area contributed by atoms with E-state index in [1.807, 2.05) is 0 Å². The van der Waals surface area contributed by atoms with E-state index in [-0.39, 0.29) is 24.1 Å². The van der Waals surface area contributed by atoms with Crippen molar-refractivity contribution in [3.05, 3.63) is 35.4 Å². The second-order valence-corrected chi connectivity index (χ2v) is 8.76. The molecule has 140 valence electrons. The maximum Gasteiger partial charge on any atom is 0.156 e. The van der Waals surface area contributed by atoms with E-state index in [9.17, 15) is 0 Å². The van der Waals surface area contributed by atoms with Gasteiger partial charge < -0.3 is 0 Å². The van der Waals surface area contributed by atoms with Crippen LogP contribution in [0.5, 0.6) is 0 Å². The summed E-state index contributed by atoms with van der Waals surface area (Å²) in [6.07, 6.45) is 2.44. The Kier molecular flexibility index (Phi) is 6.35. The Morgan fingerprint density at radius 3 is 2.32 bits per heavy atom. The maximum absolute atomic E-state index is 4.87. The summed E-state index contributed by atoms with van der Waals surface area (Å²) in [6, 6.07) is 10.4. The molecule has 0 spiro atoms. The second kappa shape index (κ2) is 7.77. The summed E-state index contributed by atoms with van der Waals surface area (Å²) in [4.78, 5) is 7.41. The van der Waals surface area contributed by atoms with Gasteiger partial charge in [-0.1, -0.05) is 45.0 Å². The number of aliphatic imine (C=N–C) groups is 1. The van der Waals surface area contributed by atoms with Crippen LogP contribution in [0.2, 0.25) is 0 Å². The lowest BCUT2D eigenvalue weighted by Gasteiger charge is -2.36. The molecule has 1 aromatic carbocycles. The molecule has 3 unspecified atom stereocenters. The van der Waals surface area contributed by atoms with Crippen LogP contribution in [0.15, 0.2) is 29.3 Å². The Hall–Kier alpha value is -0.900. The molecular weight excluding hydrogens is 330 g/mol. The summed E-state index contributed by atoms with van der Waals surface area (Å²) in [6.45, 7) is 14.7. The van der Waals surface area contributed by atoms with Crippen LogP contribution in [0.25, 0.3) is 0 Å². The molecule has 1 saturated heterocycles. The van der Waals surface area contributed by atoms with Gasteiger partial charge in [-0.2, -0.15) is 0 Å². The van der Waals surface area contributed by atoms with E-state index in [1.54, 1.807) is 0 Å². The highest BCUT2D eigenvalue weighted by molar-refractivity contribution is 5.85. The molecule has 2 aliphatic heterocycles. The Morgan fingerprint density at radius 1 is 1.12 bits per heavy atom. The van der Waals surface area contributed by atoms with Gasteiger partial charge >= 0.3 is 0 Å². The highest BCUT2D eigenvalue weighted by Gasteiger charge is 2.37. The van der Waals surface area contributed by atoms with Crippen molar-refractivity contribution in [2.75, 3.05) is 6.54 Å². The number of likely N-dealkylation sites (tertiary alicyclic amines) is 1. The lowest BCUT2D eigenvalue weighted by Crippen LogP contribution is -2.52. The quantitative estimate of drug-likeness (QED) is 0.823. The fourth-order valence-corrected chi connectivity index (χ4v) is 4.21. The summed E-state index contributed by atoms with van der Waals surface area (Å²) in [5.74, 6) is 0.605. The first kappa shape index (κ1) is 20.4. The summed E-state index contributed by atoms with van der Waals surface area (Å²) < 4.78 is 0. The monoisotopic (exact) mass is 363 g/mol. The smallest absolute Gasteiger partial charge is 0.156 e. The van der Waals surface area contributed by atoms with E-state index >= 15 is 0 Å². The van der Waals surface area contributed by atoms with Gasteiger partial charge in [0.05, 0.1) is 0 Å². The van der Waals surface area contributed by atoms with E-state index in [0.717, 1.165) is 13.0 Å². The number of hydrogen-bond donors (Lipinski definition) is 1. The van der Waals surface area contributed by atoms with Gasteiger partial charge in [-0.05, 0) is 43.7 Å². The van der Waals surface area contributed by atoms with Crippen molar-refractivity contribution < 1.29 is 0 Å². The normalized spacial score (nSPS) is 30.7. The number of hydrogen-bond acceptors (Lipinski definition) is 3. The lowest BCUT2D eigenvalue weighted by atomic mass is 9.84. The zero-order valence-electron chi connectivity index (χ0n) is 16.5. The van der Waals surface area contributed by atoms with E-state index in [0.29, 0.717) is 18.0 Å². The van der Waals surface area contributed by atoms with Crippen LogP contribution >= 0.6 is 12.4 Å². The highest BCUT2D eigenvalue weighted by Crippen LogP contribution is 2.36. The minimum absolute atomic E-state index is 0. The second-order valence-electron chi connectivity index (χ2n) is 8.76. The third kappa shape index (κ3) is 4.45. The van der Waals surface area contributed by atoms with Gasteiger partial charge in [-0.25, -0.2) is 0 Å². The molecule has 1 N–H and O–H groups in total. The lowest BCUT2D eigenvalue weighted by molar-refractivity contribution is 0.144. The third-order valence-corrected chi connectivity index (χ3v) is 5.70. The molecule has 25 heavy (non-hydrogen) atoms. The van der Waals surface area contributed by atoms with Crippen LogP contribution in [0.4, 0.5) is 0 Å². The molecule has 1 aromatic rings. The Morgan fingerprint density at radius 2 is 1.76 bits per heavy atom. The van der Waals surface area contributed by atoms with Gasteiger partial charge in [0.2, 0.25) is 0 Å². The van der Waals surface area contributed by atoms with Crippen molar-refractivity contribution in [2.45, 2.75) is 84.1 Å². The van der Waals surface area contributed by atoms with Crippen molar-refractivity contribution in [2.24, 2.45) is 4.99 Å². The molecule has 4 atom stereocenters. The molecule has 0 bridgehead atoms. The van der Waals surface area contributed by atoms with E-state index in [2.05, 4.69) is 76.0 Å². The number of nitrogens with one attached hydrogen (secondary N) is 1. The third-order valence-electron chi connectivity index (χ3n) is 5.70. The Balaban J connectivity index is 0.00000225. The van der Waals surface area contributed by atoms with Crippen molar-refractivity contribution in [1.82, 2.24) is 10.2 Å². The van der Waals surface area contributed by atoms with Crippen molar-refractivity contribution in [3.63, 3.8) is 0 Å². The Labute approximate surface area is 159 Å². The van der Waals surface area contributed by atoms with Crippen LogP contribution in [-0.4, -0.2) is 35.5 Å². The standard InChI is InChI=1S/C21H33N3.ClH/c1-14-13-15(2)23-20(22-14)24-12-11-19(16(24)3)17-7-9-18(10-8-17)21(4,5)6;/h7-10,14,16,19-20,22H,11-13H2,1-6H3;1H/t14?,16-,19?,20?;/m0./s1. The number of benzene rings is 1. The average molecular weight is 364 g/mol. The zero-order valence-corrected chi connectivity index (χ0v) is 17.4. The molecular formula is C21H34ClN3. The molecule has 1 fully saturated rings. The van der Waals surface area contributed by atoms with Crippen LogP contribution in [0.1, 0.15) is 71.4 Å². The summed E-state index contributed by atoms with van der Waals surface area (Å²) in [5.41, 5.74) is 4.39. The van der Waals surface area contributed by atoms with Crippen molar-refractivity contribution in [3.8, 4) is 0 Å². The molecule has 3 nitrogen and oxygen atoms in total. The minimum Gasteiger partial charge on any atom is -0.280 e. The SMILES string of the molecule is CC1=NC(N2CCC(c3ccc(C(C)(C)C)cc3)[C@@H]2C)NC(C)C1.Cl. The maximum atomic E-state index is 4.87. The van der Waals surface area contributed by atoms with Gasteiger partial charge in [-0.15, -0.1) is 12.4 Å². The fraction of sp³-hybridized carbons (Fsp3) is 0.667. The van der Waals surface area contributed by atoms with Gasteiger partial charge in [0.1, 0.15) is 0 Å². The summed E-state index contributed by atoms with van der Waals surface area (Å²) in [7, 11) is 0. The predicted octanol–water partition coefficient (Wildman–Crippen LogP) is 4.71. The number of halogens is 1. The first-order valence-corrected chi connectivity index (χ1v) is 9.41. The summed E-state index contributed by atoms with van der Waals surface area (Å²) in [5, 5.41) is 3.66. The molecule has 0 amide bonds. The first-order valence-electron chi connectivity index (χ1n) is 9.41. The molecule has 0 saturated carbocycles. The van der Waals surface area contributed by atoms with E-state index in [1.165, 1.54) is 23.3 Å². The van der Waals surface area contributed by atoms with Crippen LogP contribution in [-0.2, 0) is 5.41 Å². The number of nitrogens with zero attached hydrogens (tertiary/aromatic N) is 2. The average Bonchev–Trinajstić information content (AvgIpc) is 2.87. The van der Waals surface area contributed by atoms with Gasteiger partial charge in [0, 0.05) is 36.7 Å². The zero-order chi connectivity index (χ0) is 17.5. The predicted molar refractivity (Wildman–Crippen MR) is 110 cm³/mol. The highest BCUT2D eigenvalue weighted by atomic mass is 35.5. The van der Waals surface area contributed by atoms with Crippen LogP contribution in [0.3, 0.4) is 0 Å².